The summed E-state index contributed by atoms with van der Waals surface area (Å²) in [7, 11) is 0. The lowest BCUT2D eigenvalue weighted by molar-refractivity contribution is 0.0697. The molecule has 0 spiro atoms. The standard InChI is InChI=1S/C14H7ClFNO2/c15-12-5-4-8(6-11(12)14(18)19)10-3-1-2-9(7-17)13(10)16/h1-6H,(H,18,19). The molecule has 0 fully saturated rings. The van der Waals surface area contributed by atoms with Crippen molar-refractivity contribution in [1.82, 2.24) is 0 Å². The van der Waals surface area contributed by atoms with Crippen LogP contribution in [0, 0.1) is 17.1 Å². The van der Waals surface area contributed by atoms with Gasteiger partial charge in [0.2, 0.25) is 0 Å². The Hall–Kier alpha value is -2.38. The number of carboxylic acids is 1. The molecule has 0 radical (unpaired) electrons. The quantitative estimate of drug-likeness (QED) is 0.909. The summed E-state index contributed by atoms with van der Waals surface area (Å²) < 4.78 is 14.0. The Balaban J connectivity index is 2.64. The Bertz CT molecular complexity index is 707. The SMILES string of the molecule is N#Cc1cccc(-c2ccc(Cl)c(C(=O)O)c2)c1F. The van der Waals surface area contributed by atoms with E-state index in [0.717, 1.165) is 0 Å². The molecule has 0 atom stereocenters. The highest BCUT2D eigenvalue weighted by molar-refractivity contribution is 6.33. The molecule has 19 heavy (non-hydrogen) atoms. The number of halogens is 2. The first-order valence-electron chi connectivity index (χ1n) is 5.26. The first-order chi connectivity index (χ1) is 9.04. The van der Waals surface area contributed by atoms with Gasteiger partial charge in [-0.25, -0.2) is 9.18 Å². The number of aromatic carboxylic acids is 1. The number of nitriles is 1. The summed E-state index contributed by atoms with van der Waals surface area (Å²) in [5.74, 6) is -1.87. The van der Waals surface area contributed by atoms with Crippen LogP contribution in [0.2, 0.25) is 5.02 Å². The van der Waals surface area contributed by atoms with Gasteiger partial charge < -0.3 is 5.11 Å². The average molecular weight is 276 g/mol. The molecule has 2 aromatic rings. The summed E-state index contributed by atoms with van der Waals surface area (Å²) in [6.07, 6.45) is 0. The number of rotatable bonds is 2. The molecule has 0 aliphatic carbocycles. The van der Waals surface area contributed by atoms with Gasteiger partial charge in [0.25, 0.3) is 0 Å². The average Bonchev–Trinajstić information content (AvgIpc) is 2.39. The zero-order valence-corrected chi connectivity index (χ0v) is 10.3. The first kappa shape index (κ1) is 13.1. The van der Waals surface area contributed by atoms with E-state index in [9.17, 15) is 9.18 Å². The van der Waals surface area contributed by atoms with Gasteiger partial charge in [0.15, 0.2) is 0 Å². The van der Waals surface area contributed by atoms with Crippen LogP contribution in [0.4, 0.5) is 4.39 Å². The van der Waals surface area contributed by atoms with Crippen LogP contribution < -0.4 is 0 Å². The summed E-state index contributed by atoms with van der Waals surface area (Å²) in [5.41, 5.74) is 0.319. The van der Waals surface area contributed by atoms with Crippen LogP contribution in [-0.2, 0) is 0 Å². The van der Waals surface area contributed by atoms with Crippen molar-refractivity contribution in [3.8, 4) is 17.2 Å². The van der Waals surface area contributed by atoms with Gasteiger partial charge in [-0.05, 0) is 23.8 Å². The van der Waals surface area contributed by atoms with E-state index in [2.05, 4.69) is 0 Å². The fraction of sp³-hybridized carbons (Fsp3) is 0. The van der Waals surface area contributed by atoms with E-state index in [1.54, 1.807) is 6.07 Å². The van der Waals surface area contributed by atoms with Crippen LogP contribution >= 0.6 is 11.6 Å². The summed E-state index contributed by atoms with van der Waals surface area (Å²) in [5, 5.41) is 17.8. The third kappa shape index (κ3) is 2.42. The number of hydrogen-bond donors (Lipinski definition) is 1. The monoisotopic (exact) mass is 275 g/mol. The van der Waals surface area contributed by atoms with Crippen molar-refractivity contribution in [2.24, 2.45) is 0 Å². The molecular formula is C14H7ClFNO2. The van der Waals surface area contributed by atoms with E-state index in [1.165, 1.54) is 36.4 Å². The Morgan fingerprint density at radius 2 is 2.05 bits per heavy atom. The number of carbonyl (C=O) groups is 1. The maximum atomic E-state index is 14.0. The molecule has 0 saturated heterocycles. The van der Waals surface area contributed by atoms with Crippen molar-refractivity contribution in [3.05, 3.63) is 58.4 Å². The fourth-order valence-electron chi connectivity index (χ4n) is 1.70. The van der Waals surface area contributed by atoms with Crippen molar-refractivity contribution < 1.29 is 14.3 Å². The maximum Gasteiger partial charge on any atom is 0.337 e. The Morgan fingerprint density at radius 1 is 1.32 bits per heavy atom. The van der Waals surface area contributed by atoms with E-state index in [1.807, 2.05) is 0 Å². The van der Waals surface area contributed by atoms with E-state index in [4.69, 9.17) is 22.0 Å². The summed E-state index contributed by atoms with van der Waals surface area (Å²) in [4.78, 5) is 11.0. The minimum Gasteiger partial charge on any atom is -0.478 e. The van der Waals surface area contributed by atoms with Crippen molar-refractivity contribution in [2.45, 2.75) is 0 Å². The van der Waals surface area contributed by atoms with Crippen molar-refractivity contribution in [3.63, 3.8) is 0 Å². The second-order valence-corrected chi connectivity index (χ2v) is 4.19. The predicted octanol–water partition coefficient (Wildman–Crippen LogP) is 3.72. The largest absolute Gasteiger partial charge is 0.478 e. The lowest BCUT2D eigenvalue weighted by atomic mass is 10.0. The summed E-state index contributed by atoms with van der Waals surface area (Å²) >= 11 is 5.75. The molecule has 94 valence electrons. The molecule has 2 rings (SSSR count). The highest BCUT2D eigenvalue weighted by Gasteiger charge is 2.14. The molecule has 0 saturated carbocycles. The summed E-state index contributed by atoms with van der Waals surface area (Å²) in [6.45, 7) is 0. The number of nitrogens with zero attached hydrogens (tertiary/aromatic N) is 1. The van der Waals surface area contributed by atoms with Gasteiger partial charge in [0.1, 0.15) is 11.9 Å². The number of hydrogen-bond acceptors (Lipinski definition) is 2. The van der Waals surface area contributed by atoms with Gasteiger partial charge in [-0.3, -0.25) is 0 Å². The molecule has 0 aliphatic heterocycles. The lowest BCUT2D eigenvalue weighted by Crippen LogP contribution is -1.98. The molecular weight excluding hydrogens is 269 g/mol. The smallest absolute Gasteiger partial charge is 0.337 e. The molecule has 3 nitrogen and oxygen atoms in total. The number of benzene rings is 2. The van der Waals surface area contributed by atoms with Gasteiger partial charge in [-0.1, -0.05) is 29.8 Å². The van der Waals surface area contributed by atoms with E-state index in [0.29, 0.717) is 5.56 Å². The third-order valence-electron chi connectivity index (χ3n) is 2.63. The van der Waals surface area contributed by atoms with Gasteiger partial charge in [-0.2, -0.15) is 5.26 Å². The molecule has 0 amide bonds. The molecule has 0 bridgehead atoms. The fourth-order valence-corrected chi connectivity index (χ4v) is 1.90. The number of carboxylic acid groups (broad SMARTS) is 1. The highest BCUT2D eigenvalue weighted by atomic mass is 35.5. The van der Waals surface area contributed by atoms with E-state index < -0.39 is 11.8 Å². The molecule has 0 unspecified atom stereocenters. The molecule has 5 heteroatoms. The predicted molar refractivity (Wildman–Crippen MR) is 68.5 cm³/mol. The lowest BCUT2D eigenvalue weighted by Gasteiger charge is -2.07. The van der Waals surface area contributed by atoms with Crippen molar-refractivity contribution >= 4 is 17.6 Å². The molecule has 2 aromatic carbocycles. The van der Waals surface area contributed by atoms with Crippen LogP contribution in [0.1, 0.15) is 15.9 Å². The van der Waals surface area contributed by atoms with Crippen LogP contribution in [0.3, 0.4) is 0 Å². The first-order valence-corrected chi connectivity index (χ1v) is 5.64. The summed E-state index contributed by atoms with van der Waals surface area (Å²) in [6, 6.07) is 10.3. The molecule has 0 aliphatic rings. The van der Waals surface area contributed by atoms with Crippen LogP contribution in [0.15, 0.2) is 36.4 Å². The Labute approximate surface area is 113 Å². The minimum absolute atomic E-state index is 0.0769. The second kappa shape index (κ2) is 5.09. The van der Waals surface area contributed by atoms with Crippen molar-refractivity contribution in [1.29, 1.82) is 5.26 Å². The van der Waals surface area contributed by atoms with E-state index >= 15 is 0 Å². The Kier molecular flexibility index (Phi) is 3.50. The van der Waals surface area contributed by atoms with Gasteiger partial charge in [0, 0.05) is 5.56 Å². The van der Waals surface area contributed by atoms with Gasteiger partial charge in [0.05, 0.1) is 16.1 Å². The zero-order chi connectivity index (χ0) is 14.0. The topological polar surface area (TPSA) is 61.1 Å². The van der Waals surface area contributed by atoms with Crippen LogP contribution in [0.5, 0.6) is 0 Å². The van der Waals surface area contributed by atoms with Crippen molar-refractivity contribution in [2.75, 3.05) is 0 Å². The zero-order valence-electron chi connectivity index (χ0n) is 9.52. The second-order valence-electron chi connectivity index (χ2n) is 3.78. The van der Waals surface area contributed by atoms with E-state index in [-0.39, 0.29) is 21.7 Å². The van der Waals surface area contributed by atoms with Gasteiger partial charge >= 0.3 is 5.97 Å². The van der Waals surface area contributed by atoms with Gasteiger partial charge in [-0.15, -0.1) is 0 Å². The normalized spacial score (nSPS) is 9.95. The maximum absolute atomic E-state index is 14.0. The minimum atomic E-state index is -1.19. The molecule has 0 aromatic heterocycles. The third-order valence-corrected chi connectivity index (χ3v) is 2.96. The van der Waals surface area contributed by atoms with Crippen LogP contribution in [-0.4, -0.2) is 11.1 Å². The molecule has 1 N–H and O–H groups in total. The highest BCUT2D eigenvalue weighted by Crippen LogP contribution is 2.28. The Morgan fingerprint density at radius 3 is 2.68 bits per heavy atom. The van der Waals surface area contributed by atoms with Crippen LogP contribution in [0.25, 0.3) is 11.1 Å². The molecule has 0 heterocycles.